The summed E-state index contributed by atoms with van der Waals surface area (Å²) in [6.07, 6.45) is 5.33. The molecular formula is C11H20N4. The Morgan fingerprint density at radius 1 is 1.33 bits per heavy atom. The average molecular weight is 208 g/mol. The van der Waals surface area contributed by atoms with Crippen LogP contribution < -0.4 is 10.2 Å². The Labute approximate surface area is 91.7 Å². The maximum Gasteiger partial charge on any atom is 0.133 e. The molecule has 0 bridgehead atoms. The highest BCUT2D eigenvalue weighted by molar-refractivity contribution is 5.47. The molecule has 0 fully saturated rings. The van der Waals surface area contributed by atoms with E-state index in [1.165, 1.54) is 19.3 Å². The summed E-state index contributed by atoms with van der Waals surface area (Å²) in [6.45, 7) is 3.26. The first-order valence-electron chi connectivity index (χ1n) is 5.49. The van der Waals surface area contributed by atoms with E-state index in [1.807, 2.05) is 13.1 Å². The molecule has 1 N–H and O–H groups in total. The predicted octanol–water partition coefficient (Wildman–Crippen LogP) is 2.14. The van der Waals surface area contributed by atoms with E-state index in [0.717, 1.165) is 18.2 Å². The van der Waals surface area contributed by atoms with Gasteiger partial charge >= 0.3 is 0 Å². The van der Waals surface area contributed by atoms with Crippen LogP contribution >= 0.6 is 0 Å². The standard InChI is InChI=1S/C11H20N4/c1-4-5-6-7-15(3)11-8-10(12-2)13-9-14-11/h8-9H,4-7H2,1-3H3,(H,12,13,14). The van der Waals surface area contributed by atoms with Gasteiger partial charge in [0.2, 0.25) is 0 Å². The van der Waals surface area contributed by atoms with Crippen molar-refractivity contribution in [3.63, 3.8) is 0 Å². The Kier molecular flexibility index (Phi) is 4.87. The summed E-state index contributed by atoms with van der Waals surface area (Å²) in [5.74, 6) is 1.84. The van der Waals surface area contributed by atoms with Crippen LogP contribution in [0.15, 0.2) is 12.4 Å². The molecule has 0 aliphatic carbocycles. The molecule has 1 heterocycles. The van der Waals surface area contributed by atoms with Gasteiger partial charge in [-0.1, -0.05) is 19.8 Å². The monoisotopic (exact) mass is 208 g/mol. The molecule has 84 valence electrons. The first-order chi connectivity index (χ1) is 7.27. The second kappa shape index (κ2) is 6.22. The maximum absolute atomic E-state index is 4.24. The fraction of sp³-hybridized carbons (Fsp3) is 0.636. The summed E-state index contributed by atoms with van der Waals surface area (Å²) in [7, 11) is 3.93. The van der Waals surface area contributed by atoms with Gasteiger partial charge in [0.05, 0.1) is 0 Å². The lowest BCUT2D eigenvalue weighted by atomic mass is 10.2. The normalized spacial score (nSPS) is 10.1. The van der Waals surface area contributed by atoms with Crippen molar-refractivity contribution in [3.05, 3.63) is 12.4 Å². The molecule has 4 heteroatoms. The third-order valence-corrected chi connectivity index (χ3v) is 2.40. The Balaban J connectivity index is 2.52. The van der Waals surface area contributed by atoms with Crippen molar-refractivity contribution < 1.29 is 0 Å². The van der Waals surface area contributed by atoms with Gasteiger partial charge in [0.25, 0.3) is 0 Å². The van der Waals surface area contributed by atoms with E-state index >= 15 is 0 Å². The van der Waals surface area contributed by atoms with Crippen molar-refractivity contribution in [2.45, 2.75) is 26.2 Å². The lowest BCUT2D eigenvalue weighted by Crippen LogP contribution is -2.19. The Hall–Kier alpha value is -1.32. The van der Waals surface area contributed by atoms with Crippen LogP contribution in [0.3, 0.4) is 0 Å². The molecule has 1 aromatic rings. The van der Waals surface area contributed by atoms with Crippen molar-refractivity contribution in [1.82, 2.24) is 9.97 Å². The van der Waals surface area contributed by atoms with Crippen molar-refractivity contribution in [3.8, 4) is 0 Å². The number of hydrogen-bond donors (Lipinski definition) is 1. The van der Waals surface area contributed by atoms with Crippen molar-refractivity contribution >= 4 is 11.6 Å². The largest absolute Gasteiger partial charge is 0.373 e. The SMILES string of the molecule is CCCCCN(C)c1cc(NC)ncn1. The zero-order chi connectivity index (χ0) is 11.1. The van der Waals surface area contributed by atoms with Gasteiger partial charge < -0.3 is 10.2 Å². The van der Waals surface area contributed by atoms with Crippen molar-refractivity contribution in [1.29, 1.82) is 0 Å². The van der Waals surface area contributed by atoms with E-state index in [2.05, 4.69) is 34.2 Å². The minimum absolute atomic E-state index is 0.863. The third kappa shape index (κ3) is 3.73. The summed E-state index contributed by atoms with van der Waals surface area (Å²) in [4.78, 5) is 10.5. The Bertz CT molecular complexity index is 288. The third-order valence-electron chi connectivity index (χ3n) is 2.40. The molecule has 0 radical (unpaired) electrons. The quantitative estimate of drug-likeness (QED) is 0.727. The Morgan fingerprint density at radius 2 is 2.13 bits per heavy atom. The van der Waals surface area contributed by atoms with Gasteiger partial charge in [-0.05, 0) is 6.42 Å². The number of rotatable bonds is 6. The topological polar surface area (TPSA) is 41.0 Å². The van der Waals surface area contributed by atoms with Crippen LogP contribution in [0.5, 0.6) is 0 Å². The lowest BCUT2D eigenvalue weighted by Gasteiger charge is -2.17. The second-order valence-corrected chi connectivity index (χ2v) is 3.64. The highest BCUT2D eigenvalue weighted by Crippen LogP contribution is 2.12. The molecule has 0 atom stereocenters. The number of anilines is 2. The molecule has 4 nitrogen and oxygen atoms in total. The molecule has 0 unspecified atom stereocenters. The number of nitrogens with one attached hydrogen (secondary N) is 1. The van der Waals surface area contributed by atoms with Crippen molar-refractivity contribution in [2.75, 3.05) is 30.9 Å². The summed E-state index contributed by atoms with van der Waals surface area (Å²) < 4.78 is 0. The van der Waals surface area contributed by atoms with E-state index in [-0.39, 0.29) is 0 Å². The van der Waals surface area contributed by atoms with E-state index in [0.29, 0.717) is 0 Å². The van der Waals surface area contributed by atoms with E-state index in [4.69, 9.17) is 0 Å². The average Bonchev–Trinajstić information content (AvgIpc) is 2.29. The number of unbranched alkanes of at least 4 members (excludes halogenated alkanes) is 2. The maximum atomic E-state index is 4.24. The number of aromatic nitrogens is 2. The van der Waals surface area contributed by atoms with Gasteiger partial charge in [0.1, 0.15) is 18.0 Å². The van der Waals surface area contributed by atoms with E-state index in [9.17, 15) is 0 Å². The molecule has 1 aromatic heterocycles. The summed E-state index contributed by atoms with van der Waals surface area (Å²) in [5.41, 5.74) is 0. The van der Waals surface area contributed by atoms with Gasteiger partial charge in [-0.25, -0.2) is 9.97 Å². The zero-order valence-corrected chi connectivity index (χ0v) is 9.82. The lowest BCUT2D eigenvalue weighted by molar-refractivity contribution is 0.701. The minimum atomic E-state index is 0.863. The minimum Gasteiger partial charge on any atom is -0.373 e. The fourth-order valence-electron chi connectivity index (χ4n) is 1.41. The summed E-state index contributed by atoms with van der Waals surface area (Å²) >= 11 is 0. The molecule has 0 saturated heterocycles. The number of hydrogen-bond acceptors (Lipinski definition) is 4. The molecule has 0 spiro atoms. The zero-order valence-electron chi connectivity index (χ0n) is 9.82. The van der Waals surface area contributed by atoms with Crippen LogP contribution in [0.25, 0.3) is 0 Å². The number of nitrogens with zero attached hydrogens (tertiary/aromatic N) is 3. The van der Waals surface area contributed by atoms with Gasteiger partial charge in [0, 0.05) is 26.7 Å². The van der Waals surface area contributed by atoms with Gasteiger partial charge in [-0.15, -0.1) is 0 Å². The highest BCUT2D eigenvalue weighted by atomic mass is 15.2. The first kappa shape index (κ1) is 11.8. The molecule has 0 saturated carbocycles. The molecule has 0 aliphatic rings. The molecule has 15 heavy (non-hydrogen) atoms. The van der Waals surface area contributed by atoms with Crippen LogP contribution in [-0.4, -0.2) is 30.6 Å². The second-order valence-electron chi connectivity index (χ2n) is 3.64. The molecular weight excluding hydrogens is 188 g/mol. The van der Waals surface area contributed by atoms with Crippen LogP contribution in [0.1, 0.15) is 26.2 Å². The van der Waals surface area contributed by atoms with Crippen LogP contribution in [0.2, 0.25) is 0 Å². The van der Waals surface area contributed by atoms with Gasteiger partial charge in [0.15, 0.2) is 0 Å². The van der Waals surface area contributed by atoms with E-state index in [1.54, 1.807) is 6.33 Å². The van der Waals surface area contributed by atoms with Crippen LogP contribution in [0.4, 0.5) is 11.6 Å². The molecule has 0 aliphatic heterocycles. The van der Waals surface area contributed by atoms with Crippen LogP contribution in [0, 0.1) is 0 Å². The van der Waals surface area contributed by atoms with E-state index < -0.39 is 0 Å². The van der Waals surface area contributed by atoms with Crippen molar-refractivity contribution in [2.24, 2.45) is 0 Å². The van der Waals surface area contributed by atoms with Gasteiger partial charge in [-0.2, -0.15) is 0 Å². The van der Waals surface area contributed by atoms with Crippen LogP contribution in [-0.2, 0) is 0 Å². The Morgan fingerprint density at radius 3 is 2.80 bits per heavy atom. The predicted molar refractivity (Wildman–Crippen MR) is 64.4 cm³/mol. The summed E-state index contributed by atoms with van der Waals surface area (Å²) in [5, 5.41) is 3.01. The van der Waals surface area contributed by atoms with Gasteiger partial charge in [-0.3, -0.25) is 0 Å². The first-order valence-corrected chi connectivity index (χ1v) is 5.49. The molecule has 0 amide bonds. The highest BCUT2D eigenvalue weighted by Gasteiger charge is 2.02. The molecule has 1 rings (SSSR count). The molecule has 0 aromatic carbocycles. The fourth-order valence-corrected chi connectivity index (χ4v) is 1.41. The smallest absolute Gasteiger partial charge is 0.133 e. The summed E-state index contributed by atoms with van der Waals surface area (Å²) in [6, 6.07) is 1.96.